The Morgan fingerprint density at radius 2 is 2.00 bits per heavy atom. The Labute approximate surface area is 134 Å². The van der Waals surface area contributed by atoms with Crippen LogP contribution in [0.4, 0.5) is 0 Å². The van der Waals surface area contributed by atoms with Gasteiger partial charge in [-0.25, -0.2) is 4.98 Å². The second kappa shape index (κ2) is 5.96. The summed E-state index contributed by atoms with van der Waals surface area (Å²) >= 11 is 0. The number of imidazole rings is 1. The van der Waals surface area contributed by atoms with Crippen LogP contribution >= 0.6 is 0 Å². The van der Waals surface area contributed by atoms with Gasteiger partial charge in [-0.3, -0.25) is 4.90 Å². The van der Waals surface area contributed by atoms with Crippen molar-refractivity contribution in [2.24, 2.45) is 0 Å². The highest BCUT2D eigenvalue weighted by Crippen LogP contribution is 2.35. The van der Waals surface area contributed by atoms with E-state index in [1.165, 1.54) is 18.5 Å². The zero-order valence-electron chi connectivity index (χ0n) is 13.1. The molecule has 0 unspecified atom stereocenters. The van der Waals surface area contributed by atoms with Crippen LogP contribution in [0.2, 0.25) is 0 Å². The standard InChI is InChI=1S/C17H19N5O/c1-21(10-15-9-18-12-22(15)14-7-8-14)11-16-19-20-17(23-16)13-5-3-2-4-6-13/h2-6,9,12,14H,7-8,10-11H2,1H3. The molecule has 1 aromatic carbocycles. The molecule has 0 N–H and O–H groups in total. The average molecular weight is 309 g/mol. The van der Waals surface area contributed by atoms with Crippen LogP contribution in [0.3, 0.4) is 0 Å². The first kappa shape index (κ1) is 14.1. The van der Waals surface area contributed by atoms with Gasteiger partial charge in [0.25, 0.3) is 0 Å². The first-order valence-corrected chi connectivity index (χ1v) is 7.86. The number of aromatic nitrogens is 4. The van der Waals surface area contributed by atoms with Crippen molar-refractivity contribution in [1.82, 2.24) is 24.6 Å². The van der Waals surface area contributed by atoms with Gasteiger partial charge in [0, 0.05) is 24.3 Å². The Morgan fingerprint density at radius 3 is 2.78 bits per heavy atom. The van der Waals surface area contributed by atoms with E-state index < -0.39 is 0 Å². The number of rotatable bonds is 6. The van der Waals surface area contributed by atoms with Crippen LogP contribution in [0.25, 0.3) is 11.5 Å². The van der Waals surface area contributed by atoms with Crippen molar-refractivity contribution in [2.75, 3.05) is 7.05 Å². The van der Waals surface area contributed by atoms with Crippen molar-refractivity contribution in [3.63, 3.8) is 0 Å². The van der Waals surface area contributed by atoms with Gasteiger partial charge in [-0.05, 0) is 32.0 Å². The highest BCUT2D eigenvalue weighted by Gasteiger charge is 2.25. The third kappa shape index (κ3) is 3.17. The van der Waals surface area contributed by atoms with Gasteiger partial charge in [-0.15, -0.1) is 10.2 Å². The van der Waals surface area contributed by atoms with Crippen LogP contribution in [0, 0.1) is 0 Å². The molecule has 2 heterocycles. The Kier molecular flexibility index (Phi) is 3.67. The lowest BCUT2D eigenvalue weighted by Gasteiger charge is -2.15. The molecular weight excluding hydrogens is 290 g/mol. The fourth-order valence-corrected chi connectivity index (χ4v) is 2.71. The van der Waals surface area contributed by atoms with E-state index >= 15 is 0 Å². The summed E-state index contributed by atoms with van der Waals surface area (Å²) in [6.45, 7) is 1.44. The molecular formula is C17H19N5O. The molecule has 0 atom stereocenters. The van der Waals surface area contributed by atoms with Crippen LogP contribution in [0.1, 0.15) is 30.5 Å². The monoisotopic (exact) mass is 309 g/mol. The molecule has 0 radical (unpaired) electrons. The molecule has 0 bridgehead atoms. The molecule has 1 aliphatic rings. The number of hydrogen-bond acceptors (Lipinski definition) is 5. The highest BCUT2D eigenvalue weighted by atomic mass is 16.4. The minimum Gasteiger partial charge on any atom is -0.419 e. The van der Waals surface area contributed by atoms with Crippen LogP contribution in [0.5, 0.6) is 0 Å². The highest BCUT2D eigenvalue weighted by molar-refractivity contribution is 5.51. The SMILES string of the molecule is CN(Cc1nnc(-c2ccccc2)o1)Cc1cncn1C1CC1. The normalized spacial score (nSPS) is 14.5. The summed E-state index contributed by atoms with van der Waals surface area (Å²) in [5.74, 6) is 1.20. The zero-order chi connectivity index (χ0) is 15.6. The van der Waals surface area contributed by atoms with E-state index in [0.29, 0.717) is 24.4 Å². The van der Waals surface area contributed by atoms with Gasteiger partial charge in [0.1, 0.15) is 0 Å². The molecule has 118 valence electrons. The van der Waals surface area contributed by atoms with Crippen LogP contribution in [-0.2, 0) is 13.1 Å². The topological polar surface area (TPSA) is 60.0 Å². The lowest BCUT2D eigenvalue weighted by Crippen LogP contribution is -2.19. The maximum atomic E-state index is 5.76. The van der Waals surface area contributed by atoms with E-state index in [4.69, 9.17) is 4.42 Å². The minimum absolute atomic E-state index is 0.567. The van der Waals surface area contributed by atoms with Gasteiger partial charge in [0.05, 0.1) is 18.6 Å². The zero-order valence-corrected chi connectivity index (χ0v) is 13.1. The van der Waals surface area contributed by atoms with Crippen molar-refractivity contribution >= 4 is 0 Å². The molecule has 1 aliphatic carbocycles. The molecule has 4 rings (SSSR count). The van der Waals surface area contributed by atoms with E-state index in [0.717, 1.165) is 12.1 Å². The van der Waals surface area contributed by atoms with Crippen molar-refractivity contribution in [2.45, 2.75) is 32.0 Å². The van der Waals surface area contributed by atoms with E-state index in [-0.39, 0.29) is 0 Å². The molecule has 0 amide bonds. The summed E-state index contributed by atoms with van der Waals surface area (Å²) < 4.78 is 8.04. The molecule has 3 aromatic rings. The Bertz CT molecular complexity index is 775. The van der Waals surface area contributed by atoms with E-state index in [2.05, 4.69) is 31.7 Å². The molecule has 1 fully saturated rings. The summed E-state index contributed by atoms with van der Waals surface area (Å²) in [7, 11) is 2.05. The van der Waals surface area contributed by atoms with Gasteiger partial charge in [0.2, 0.25) is 11.8 Å². The van der Waals surface area contributed by atoms with Gasteiger partial charge in [-0.1, -0.05) is 18.2 Å². The lowest BCUT2D eigenvalue weighted by atomic mass is 10.2. The first-order chi connectivity index (χ1) is 11.3. The molecule has 1 saturated carbocycles. The molecule has 6 heteroatoms. The van der Waals surface area contributed by atoms with E-state index in [1.807, 2.05) is 42.9 Å². The second-order valence-electron chi connectivity index (χ2n) is 6.06. The summed E-state index contributed by atoms with van der Waals surface area (Å²) in [5.41, 5.74) is 2.18. The number of nitrogens with zero attached hydrogens (tertiary/aromatic N) is 5. The third-order valence-electron chi connectivity index (χ3n) is 4.01. The third-order valence-corrected chi connectivity index (χ3v) is 4.01. The lowest BCUT2D eigenvalue weighted by molar-refractivity contribution is 0.276. The smallest absolute Gasteiger partial charge is 0.247 e. The largest absolute Gasteiger partial charge is 0.419 e. The van der Waals surface area contributed by atoms with Crippen LogP contribution in [0.15, 0.2) is 47.3 Å². The van der Waals surface area contributed by atoms with Gasteiger partial charge in [-0.2, -0.15) is 0 Å². The van der Waals surface area contributed by atoms with Gasteiger partial charge >= 0.3 is 0 Å². The minimum atomic E-state index is 0.567. The molecule has 23 heavy (non-hydrogen) atoms. The number of benzene rings is 1. The maximum Gasteiger partial charge on any atom is 0.247 e. The second-order valence-corrected chi connectivity index (χ2v) is 6.06. The van der Waals surface area contributed by atoms with E-state index in [1.54, 1.807) is 0 Å². The summed E-state index contributed by atoms with van der Waals surface area (Å²) in [6, 6.07) is 10.5. The molecule has 0 saturated heterocycles. The molecule has 6 nitrogen and oxygen atoms in total. The quantitative estimate of drug-likeness (QED) is 0.700. The van der Waals surface area contributed by atoms with Crippen molar-refractivity contribution < 1.29 is 4.42 Å². The summed E-state index contributed by atoms with van der Waals surface area (Å²) in [6.07, 6.45) is 6.40. The fourth-order valence-electron chi connectivity index (χ4n) is 2.71. The van der Waals surface area contributed by atoms with Crippen molar-refractivity contribution in [3.05, 3.63) is 54.4 Å². The molecule has 0 spiro atoms. The summed E-state index contributed by atoms with van der Waals surface area (Å²) in [4.78, 5) is 6.44. The maximum absolute atomic E-state index is 5.76. The van der Waals surface area contributed by atoms with Crippen LogP contribution < -0.4 is 0 Å². The molecule has 0 aliphatic heterocycles. The van der Waals surface area contributed by atoms with E-state index in [9.17, 15) is 0 Å². The van der Waals surface area contributed by atoms with Crippen molar-refractivity contribution in [1.29, 1.82) is 0 Å². The van der Waals surface area contributed by atoms with Crippen molar-refractivity contribution in [3.8, 4) is 11.5 Å². The first-order valence-electron chi connectivity index (χ1n) is 7.86. The predicted octanol–water partition coefficient (Wildman–Crippen LogP) is 2.90. The average Bonchev–Trinajstić information content (AvgIpc) is 3.13. The summed E-state index contributed by atoms with van der Waals surface area (Å²) in [5, 5.41) is 8.28. The van der Waals surface area contributed by atoms with Gasteiger partial charge in [0.15, 0.2) is 0 Å². The molecule has 2 aromatic heterocycles. The fraction of sp³-hybridized carbons (Fsp3) is 0.353. The predicted molar refractivity (Wildman–Crippen MR) is 85.4 cm³/mol. The van der Waals surface area contributed by atoms with Crippen LogP contribution in [-0.4, -0.2) is 31.7 Å². The van der Waals surface area contributed by atoms with Gasteiger partial charge < -0.3 is 8.98 Å². The number of hydrogen-bond donors (Lipinski definition) is 0. The Balaban J connectivity index is 1.42. The Hall–Kier alpha value is -2.47. The Morgan fingerprint density at radius 1 is 1.17 bits per heavy atom.